The second-order valence-electron chi connectivity index (χ2n) is 9.23. The summed E-state index contributed by atoms with van der Waals surface area (Å²) in [5, 5.41) is 3.09. The number of furan rings is 1. The second-order valence-corrected chi connectivity index (χ2v) is 9.23. The number of benzene rings is 2. The molecule has 1 saturated carbocycles. The van der Waals surface area contributed by atoms with Gasteiger partial charge in [-0.3, -0.25) is 19.3 Å². The van der Waals surface area contributed by atoms with Gasteiger partial charge in [-0.05, 0) is 55.7 Å². The Balaban J connectivity index is 1.67. The molecule has 37 heavy (non-hydrogen) atoms. The van der Waals surface area contributed by atoms with Gasteiger partial charge in [0.25, 0.3) is 5.91 Å². The third-order valence-electron chi connectivity index (χ3n) is 6.72. The normalized spacial score (nSPS) is 15.7. The molecule has 2 amide bonds. The first-order valence-electron chi connectivity index (χ1n) is 12.3. The Morgan fingerprint density at radius 2 is 1.70 bits per heavy atom. The lowest BCUT2D eigenvalue weighted by molar-refractivity contribution is -0.123. The Hall–Kier alpha value is -4.14. The van der Waals surface area contributed by atoms with E-state index < -0.39 is 23.7 Å². The molecule has 8 nitrogen and oxygen atoms in total. The van der Waals surface area contributed by atoms with Crippen molar-refractivity contribution in [1.82, 2.24) is 5.32 Å². The van der Waals surface area contributed by atoms with E-state index in [0.29, 0.717) is 17.1 Å². The highest BCUT2D eigenvalue weighted by molar-refractivity contribution is 6.13. The molecule has 9 heteroatoms. The average Bonchev–Trinajstić information content (AvgIpc) is 3.59. The summed E-state index contributed by atoms with van der Waals surface area (Å²) in [5.41, 5.74) is 0.704. The number of nitrogens with zero attached hydrogens (tertiary/aromatic N) is 1. The molecule has 1 fully saturated rings. The number of fused-ring (bicyclic) bond motifs is 1. The summed E-state index contributed by atoms with van der Waals surface area (Å²) in [4.78, 5) is 41.9. The van der Waals surface area contributed by atoms with E-state index in [9.17, 15) is 18.8 Å². The molecule has 1 atom stereocenters. The molecule has 0 saturated heterocycles. The molecule has 192 valence electrons. The van der Waals surface area contributed by atoms with E-state index in [2.05, 4.69) is 5.32 Å². The molecule has 1 unspecified atom stereocenters. The molecule has 2 aliphatic rings. The van der Waals surface area contributed by atoms with Gasteiger partial charge in [-0.1, -0.05) is 31.4 Å². The average molecular weight is 507 g/mol. The zero-order chi connectivity index (χ0) is 25.9. The first-order chi connectivity index (χ1) is 17.9. The highest BCUT2D eigenvalue weighted by atomic mass is 19.1. The molecule has 2 aromatic carbocycles. The summed E-state index contributed by atoms with van der Waals surface area (Å²) in [5.74, 6) is -1.22. The number of nitrogens with one attached hydrogen (secondary N) is 1. The minimum Gasteiger partial charge on any atom is -0.459 e. The molecule has 0 bridgehead atoms. The lowest BCUT2D eigenvalue weighted by Crippen LogP contribution is -2.47. The first-order valence-corrected chi connectivity index (χ1v) is 12.3. The van der Waals surface area contributed by atoms with Crippen LogP contribution in [0.3, 0.4) is 0 Å². The Labute approximate surface area is 213 Å². The predicted octanol–water partition coefficient (Wildman–Crippen LogP) is 5.19. The molecule has 0 spiro atoms. The molecular formula is C28H27FN2O6. The van der Waals surface area contributed by atoms with Gasteiger partial charge in [-0.15, -0.1) is 0 Å². The van der Waals surface area contributed by atoms with Gasteiger partial charge < -0.3 is 19.2 Å². The summed E-state index contributed by atoms with van der Waals surface area (Å²) in [6, 6.07) is 10.2. The van der Waals surface area contributed by atoms with E-state index in [1.165, 1.54) is 60.6 Å². The second kappa shape index (κ2) is 10.5. The van der Waals surface area contributed by atoms with Gasteiger partial charge in [0.1, 0.15) is 11.9 Å². The number of rotatable bonds is 7. The fraction of sp³-hybridized carbons (Fsp3) is 0.321. The van der Waals surface area contributed by atoms with Gasteiger partial charge in [-0.2, -0.15) is 0 Å². The van der Waals surface area contributed by atoms with Crippen LogP contribution in [0, 0.1) is 5.82 Å². The van der Waals surface area contributed by atoms with Crippen LogP contribution in [0.5, 0.6) is 11.5 Å². The topological polar surface area (TPSA) is 98.1 Å². The quantitative estimate of drug-likeness (QED) is 0.443. The molecule has 1 N–H and O–H groups in total. The van der Waals surface area contributed by atoms with Crippen molar-refractivity contribution in [2.75, 3.05) is 11.7 Å². The van der Waals surface area contributed by atoms with Crippen LogP contribution in [-0.4, -0.2) is 30.4 Å². The molecule has 5 rings (SSSR count). The van der Waals surface area contributed by atoms with Gasteiger partial charge in [0, 0.05) is 17.7 Å². The fourth-order valence-corrected chi connectivity index (χ4v) is 4.89. The van der Waals surface area contributed by atoms with Crippen molar-refractivity contribution in [1.29, 1.82) is 0 Å². The van der Waals surface area contributed by atoms with Crippen molar-refractivity contribution in [3.8, 4) is 11.5 Å². The van der Waals surface area contributed by atoms with Crippen molar-refractivity contribution >= 4 is 23.3 Å². The highest BCUT2D eigenvalue weighted by Crippen LogP contribution is 2.42. The van der Waals surface area contributed by atoms with Crippen molar-refractivity contribution in [3.63, 3.8) is 0 Å². The highest BCUT2D eigenvalue weighted by Gasteiger charge is 2.38. The monoisotopic (exact) mass is 506 g/mol. The Morgan fingerprint density at radius 3 is 2.35 bits per heavy atom. The summed E-state index contributed by atoms with van der Waals surface area (Å²) in [6.07, 6.45) is 6.12. The Morgan fingerprint density at radius 1 is 1.00 bits per heavy atom. The SMILES string of the molecule is CC(=O)c1cc2c(cc1N(C(=O)c1ccco1)C(C(=O)NC1CCCCC1)c1ccc(F)cc1)OCO2. The minimum atomic E-state index is -1.22. The maximum absolute atomic E-state index is 14.0. The predicted molar refractivity (Wildman–Crippen MR) is 132 cm³/mol. The van der Waals surface area contributed by atoms with Crippen molar-refractivity contribution < 1.29 is 32.7 Å². The van der Waals surface area contributed by atoms with Crippen LogP contribution < -0.4 is 19.7 Å². The summed E-state index contributed by atoms with van der Waals surface area (Å²) in [6.45, 7) is 1.33. The number of ketones is 1. The molecule has 1 aromatic heterocycles. The molecular weight excluding hydrogens is 479 g/mol. The van der Waals surface area contributed by atoms with Crippen LogP contribution in [0.25, 0.3) is 0 Å². The van der Waals surface area contributed by atoms with Crippen molar-refractivity contribution in [2.24, 2.45) is 0 Å². The number of ether oxygens (including phenoxy) is 2. The number of hydrogen-bond donors (Lipinski definition) is 1. The summed E-state index contributed by atoms with van der Waals surface area (Å²) >= 11 is 0. The third-order valence-corrected chi connectivity index (χ3v) is 6.72. The minimum absolute atomic E-state index is 0.0234. The maximum atomic E-state index is 14.0. The fourth-order valence-electron chi connectivity index (χ4n) is 4.89. The van der Waals surface area contributed by atoms with Crippen LogP contribution in [0.1, 0.15) is 71.5 Å². The van der Waals surface area contributed by atoms with Crippen LogP contribution in [0.4, 0.5) is 10.1 Å². The van der Waals surface area contributed by atoms with E-state index in [1.54, 1.807) is 6.07 Å². The van der Waals surface area contributed by atoms with Gasteiger partial charge in [0.15, 0.2) is 23.0 Å². The van der Waals surface area contributed by atoms with E-state index in [1.807, 2.05) is 0 Å². The largest absolute Gasteiger partial charge is 0.459 e. The van der Waals surface area contributed by atoms with Gasteiger partial charge in [0.2, 0.25) is 12.7 Å². The molecule has 0 radical (unpaired) electrons. The van der Waals surface area contributed by atoms with Crippen molar-refractivity contribution in [3.05, 3.63) is 77.5 Å². The lowest BCUT2D eigenvalue weighted by atomic mass is 9.94. The number of anilines is 1. The maximum Gasteiger partial charge on any atom is 0.294 e. The molecule has 3 aromatic rings. The van der Waals surface area contributed by atoms with Crippen LogP contribution in [-0.2, 0) is 4.79 Å². The number of carbonyl (C=O) groups excluding carboxylic acids is 3. The van der Waals surface area contributed by atoms with E-state index >= 15 is 0 Å². The van der Waals surface area contributed by atoms with Gasteiger partial charge in [-0.25, -0.2) is 4.39 Å². The van der Waals surface area contributed by atoms with Gasteiger partial charge >= 0.3 is 0 Å². The van der Waals surface area contributed by atoms with Gasteiger partial charge in [0.05, 0.1) is 12.0 Å². The standard InChI is InChI=1S/C28H27FN2O6/c1-17(32)21-14-24-25(37-16-36-24)15-22(21)31(28(34)23-8-5-13-35-23)26(18-9-11-19(29)12-10-18)27(33)30-20-6-3-2-4-7-20/h5,8-15,20,26H,2-4,6-7,16H2,1H3,(H,30,33). The molecule has 1 aliphatic carbocycles. The Bertz CT molecular complexity index is 1300. The summed E-state index contributed by atoms with van der Waals surface area (Å²) < 4.78 is 30.3. The van der Waals surface area contributed by atoms with E-state index in [4.69, 9.17) is 13.9 Å². The van der Waals surface area contributed by atoms with Crippen molar-refractivity contribution in [2.45, 2.75) is 51.1 Å². The third kappa shape index (κ3) is 5.07. The van der Waals surface area contributed by atoms with E-state index in [-0.39, 0.29) is 35.6 Å². The molecule has 2 heterocycles. The number of halogens is 1. The zero-order valence-electron chi connectivity index (χ0n) is 20.4. The number of Topliss-reactive ketones (excluding diaryl/α,β-unsaturated/α-hetero) is 1. The van der Waals surface area contributed by atoms with E-state index in [0.717, 1.165) is 32.1 Å². The van der Waals surface area contributed by atoms with Crippen LogP contribution in [0.15, 0.2) is 59.2 Å². The van der Waals surface area contributed by atoms with Crippen LogP contribution >= 0.6 is 0 Å². The Kier molecular flexibility index (Phi) is 6.94. The number of carbonyl (C=O) groups is 3. The lowest BCUT2D eigenvalue weighted by Gasteiger charge is -2.34. The van der Waals surface area contributed by atoms with Crippen LogP contribution in [0.2, 0.25) is 0 Å². The number of amides is 2. The molecule has 1 aliphatic heterocycles. The number of hydrogen-bond acceptors (Lipinski definition) is 6. The first kappa shape index (κ1) is 24.5. The summed E-state index contributed by atoms with van der Waals surface area (Å²) in [7, 11) is 0. The smallest absolute Gasteiger partial charge is 0.294 e. The zero-order valence-corrected chi connectivity index (χ0v) is 20.4.